The van der Waals surface area contributed by atoms with Crippen molar-refractivity contribution in [2.24, 2.45) is 10.4 Å². The van der Waals surface area contributed by atoms with Crippen molar-refractivity contribution in [2.45, 2.75) is 51.9 Å². The van der Waals surface area contributed by atoms with Crippen molar-refractivity contribution in [3.8, 4) is 5.75 Å². The lowest BCUT2D eigenvalue weighted by Gasteiger charge is -2.45. The molecule has 2 aromatic carbocycles. The van der Waals surface area contributed by atoms with E-state index >= 15 is 0 Å². The molecule has 1 saturated carbocycles. The number of phenolic OH excluding ortho intramolecular Hbond substituents is 1. The lowest BCUT2D eigenvalue weighted by atomic mass is 9.68. The van der Waals surface area contributed by atoms with Crippen LogP contribution >= 0.6 is 11.6 Å². The number of hydrogen-bond acceptors (Lipinski definition) is 3. The van der Waals surface area contributed by atoms with Crippen molar-refractivity contribution in [3.63, 3.8) is 0 Å². The van der Waals surface area contributed by atoms with Gasteiger partial charge in [-0.25, -0.2) is 0 Å². The lowest BCUT2D eigenvalue weighted by Crippen LogP contribution is -2.41. The van der Waals surface area contributed by atoms with Crippen molar-refractivity contribution in [3.05, 3.63) is 52.5 Å². The van der Waals surface area contributed by atoms with Crippen molar-refractivity contribution >= 4 is 29.2 Å². The monoisotopic (exact) mass is 396 g/mol. The summed E-state index contributed by atoms with van der Waals surface area (Å²) in [7, 11) is 0. The van der Waals surface area contributed by atoms with Crippen molar-refractivity contribution < 1.29 is 5.11 Å². The van der Waals surface area contributed by atoms with Crippen LogP contribution in [0.3, 0.4) is 0 Å². The number of rotatable bonds is 3. The fraction of sp³-hybridized carbons (Fsp3) is 0.458. The molecule has 1 saturated heterocycles. The van der Waals surface area contributed by atoms with Crippen LogP contribution in [0, 0.1) is 12.3 Å². The Balaban J connectivity index is 1.43. The van der Waals surface area contributed by atoms with Gasteiger partial charge in [-0.15, -0.1) is 0 Å². The third kappa shape index (κ3) is 4.20. The molecule has 1 N–H and O–H groups in total. The number of aryl methyl sites for hydroxylation is 1. The molecule has 0 atom stereocenters. The average molecular weight is 397 g/mol. The summed E-state index contributed by atoms with van der Waals surface area (Å²) < 4.78 is 0. The Kier molecular flexibility index (Phi) is 5.63. The first-order valence-electron chi connectivity index (χ1n) is 10.4. The highest BCUT2D eigenvalue weighted by atomic mass is 35.5. The van der Waals surface area contributed by atoms with Crippen molar-refractivity contribution in [2.75, 3.05) is 18.0 Å². The molecule has 2 fully saturated rings. The SMILES string of the molecule is Cc1cc(N2CCC3(CCCCC3)CC2)ccc1C=Nc1ccc(O)c(Cl)c1. The van der Waals surface area contributed by atoms with Crippen LogP contribution in [-0.4, -0.2) is 24.4 Å². The summed E-state index contributed by atoms with van der Waals surface area (Å²) in [4.78, 5) is 7.05. The third-order valence-electron chi connectivity index (χ3n) is 6.64. The Morgan fingerprint density at radius 2 is 1.75 bits per heavy atom. The van der Waals surface area contributed by atoms with Gasteiger partial charge in [0.25, 0.3) is 0 Å². The summed E-state index contributed by atoms with van der Waals surface area (Å²) in [5.41, 5.74) is 5.03. The number of anilines is 1. The van der Waals surface area contributed by atoms with Gasteiger partial charge >= 0.3 is 0 Å². The van der Waals surface area contributed by atoms with Crippen molar-refractivity contribution in [1.82, 2.24) is 0 Å². The molecule has 1 spiro atoms. The van der Waals surface area contributed by atoms with Gasteiger partial charge in [0.1, 0.15) is 5.75 Å². The van der Waals surface area contributed by atoms with Gasteiger partial charge in [-0.3, -0.25) is 4.99 Å². The Morgan fingerprint density at radius 1 is 1.00 bits per heavy atom. The maximum atomic E-state index is 9.52. The van der Waals surface area contributed by atoms with Gasteiger partial charge in [-0.2, -0.15) is 0 Å². The molecule has 0 radical (unpaired) electrons. The number of piperidine rings is 1. The molecule has 0 bridgehead atoms. The minimum absolute atomic E-state index is 0.0812. The first kappa shape index (κ1) is 19.3. The fourth-order valence-electron chi connectivity index (χ4n) is 4.76. The summed E-state index contributed by atoms with van der Waals surface area (Å²) in [5.74, 6) is 0.0812. The van der Waals surface area contributed by atoms with Crippen LogP contribution in [0.4, 0.5) is 11.4 Å². The Bertz CT molecular complexity index is 861. The van der Waals surface area contributed by atoms with Gasteiger partial charge in [0.15, 0.2) is 0 Å². The largest absolute Gasteiger partial charge is 0.506 e. The summed E-state index contributed by atoms with van der Waals surface area (Å²) in [6, 6.07) is 11.7. The quantitative estimate of drug-likeness (QED) is 0.589. The molecule has 1 aliphatic carbocycles. The van der Waals surface area contributed by atoms with E-state index in [9.17, 15) is 5.11 Å². The van der Waals surface area contributed by atoms with E-state index in [2.05, 4.69) is 35.0 Å². The molecule has 4 rings (SSSR count). The zero-order valence-corrected chi connectivity index (χ0v) is 17.4. The summed E-state index contributed by atoms with van der Waals surface area (Å²) in [6.07, 6.45) is 11.7. The molecule has 4 heteroatoms. The Morgan fingerprint density at radius 3 is 2.43 bits per heavy atom. The molecule has 0 unspecified atom stereocenters. The van der Waals surface area contributed by atoms with E-state index in [1.165, 1.54) is 69.3 Å². The second kappa shape index (κ2) is 8.16. The number of aromatic hydroxyl groups is 1. The number of aliphatic imine (C=N–C) groups is 1. The second-order valence-electron chi connectivity index (χ2n) is 8.48. The predicted octanol–water partition coefficient (Wildman–Crippen LogP) is 6.66. The Labute approximate surface area is 173 Å². The van der Waals surface area contributed by atoms with Crippen LogP contribution in [0.15, 0.2) is 41.4 Å². The Hall–Kier alpha value is -2.00. The van der Waals surface area contributed by atoms with Crippen molar-refractivity contribution in [1.29, 1.82) is 0 Å². The molecule has 28 heavy (non-hydrogen) atoms. The highest BCUT2D eigenvalue weighted by Crippen LogP contribution is 2.45. The molecular formula is C24H29ClN2O. The van der Waals surface area contributed by atoms with Crippen LogP contribution in [0.2, 0.25) is 5.02 Å². The van der Waals surface area contributed by atoms with E-state index in [0.717, 1.165) is 11.3 Å². The van der Waals surface area contributed by atoms with E-state index in [-0.39, 0.29) is 5.75 Å². The predicted molar refractivity (Wildman–Crippen MR) is 119 cm³/mol. The van der Waals surface area contributed by atoms with E-state index in [1.807, 2.05) is 6.21 Å². The summed E-state index contributed by atoms with van der Waals surface area (Å²) in [5, 5.41) is 9.84. The van der Waals surface area contributed by atoms with E-state index in [4.69, 9.17) is 11.6 Å². The topological polar surface area (TPSA) is 35.8 Å². The molecule has 2 aliphatic rings. The fourth-order valence-corrected chi connectivity index (χ4v) is 4.94. The maximum Gasteiger partial charge on any atom is 0.134 e. The first-order valence-corrected chi connectivity index (χ1v) is 10.8. The number of nitrogens with zero attached hydrogens (tertiary/aromatic N) is 2. The normalized spacial score (nSPS) is 19.4. The number of phenols is 1. The summed E-state index contributed by atoms with van der Waals surface area (Å²) in [6.45, 7) is 4.50. The van der Waals surface area contributed by atoms with E-state index < -0.39 is 0 Å². The van der Waals surface area contributed by atoms with Crippen LogP contribution in [-0.2, 0) is 0 Å². The molecule has 0 amide bonds. The van der Waals surface area contributed by atoms with E-state index in [0.29, 0.717) is 10.4 Å². The van der Waals surface area contributed by atoms with Gasteiger partial charge in [0.2, 0.25) is 0 Å². The zero-order chi connectivity index (χ0) is 19.6. The molecule has 3 nitrogen and oxygen atoms in total. The molecule has 0 aromatic heterocycles. The minimum Gasteiger partial charge on any atom is -0.506 e. The number of halogens is 1. The van der Waals surface area contributed by atoms with Gasteiger partial charge in [-0.1, -0.05) is 36.9 Å². The average Bonchev–Trinajstić information content (AvgIpc) is 2.71. The first-order chi connectivity index (χ1) is 13.5. The van der Waals surface area contributed by atoms with E-state index in [1.54, 1.807) is 18.2 Å². The smallest absolute Gasteiger partial charge is 0.134 e. The molecule has 1 heterocycles. The van der Waals surface area contributed by atoms with Gasteiger partial charge in [-0.05, 0) is 79.5 Å². The third-order valence-corrected chi connectivity index (χ3v) is 6.94. The molecule has 148 valence electrons. The van der Waals surface area contributed by atoms with Gasteiger partial charge in [0, 0.05) is 25.0 Å². The van der Waals surface area contributed by atoms with Crippen LogP contribution < -0.4 is 4.90 Å². The number of benzene rings is 2. The van der Waals surface area contributed by atoms with Crippen LogP contribution in [0.1, 0.15) is 56.1 Å². The van der Waals surface area contributed by atoms with Gasteiger partial charge in [0.05, 0.1) is 10.7 Å². The lowest BCUT2D eigenvalue weighted by molar-refractivity contribution is 0.144. The zero-order valence-electron chi connectivity index (χ0n) is 16.6. The highest BCUT2D eigenvalue weighted by molar-refractivity contribution is 6.32. The minimum atomic E-state index is 0.0812. The molecule has 1 aliphatic heterocycles. The molecule has 2 aromatic rings. The summed E-state index contributed by atoms with van der Waals surface area (Å²) >= 11 is 5.96. The van der Waals surface area contributed by atoms with Crippen LogP contribution in [0.5, 0.6) is 5.75 Å². The standard InChI is InChI=1S/C24H29ClN2O/c1-18-15-21(27-13-11-24(12-14-27)9-3-2-4-10-24)7-5-19(18)17-26-20-6-8-23(28)22(25)16-20/h5-8,15-17,28H,2-4,9-14H2,1H3. The second-order valence-corrected chi connectivity index (χ2v) is 8.89. The van der Waals surface area contributed by atoms with Crippen LogP contribution in [0.25, 0.3) is 0 Å². The van der Waals surface area contributed by atoms with Gasteiger partial charge < -0.3 is 10.0 Å². The highest BCUT2D eigenvalue weighted by Gasteiger charge is 2.35. The molecular weight excluding hydrogens is 368 g/mol. The number of hydrogen-bond donors (Lipinski definition) is 1. The maximum absolute atomic E-state index is 9.52.